The van der Waals surface area contributed by atoms with Crippen LogP contribution in [0.5, 0.6) is 0 Å². The molecule has 0 aromatic heterocycles. The predicted molar refractivity (Wildman–Crippen MR) is 55.0 cm³/mol. The summed E-state index contributed by atoms with van der Waals surface area (Å²) in [6.45, 7) is 2.10. The van der Waals surface area contributed by atoms with E-state index in [0.29, 0.717) is 12.1 Å². The molecule has 0 aliphatic rings. The molecule has 0 aliphatic heterocycles. The lowest BCUT2D eigenvalue weighted by Crippen LogP contribution is -2.25. The summed E-state index contributed by atoms with van der Waals surface area (Å²) in [5, 5.41) is 0. The minimum atomic E-state index is -0.406. The van der Waals surface area contributed by atoms with Crippen molar-refractivity contribution in [2.45, 2.75) is 13.5 Å². The van der Waals surface area contributed by atoms with Crippen LogP contribution in [0.3, 0.4) is 0 Å². The molecule has 1 aromatic rings. The summed E-state index contributed by atoms with van der Waals surface area (Å²) < 4.78 is 17.5. The number of aryl methyl sites for hydroxylation is 1. The largest absolute Gasteiger partial charge is 0.453 e. The van der Waals surface area contributed by atoms with Crippen molar-refractivity contribution < 1.29 is 13.9 Å². The van der Waals surface area contributed by atoms with E-state index in [9.17, 15) is 9.18 Å². The van der Waals surface area contributed by atoms with Crippen molar-refractivity contribution >= 4 is 6.09 Å². The number of nitrogens with zero attached hydrogens (tertiary/aromatic N) is 1. The maximum absolute atomic E-state index is 13.0. The van der Waals surface area contributed by atoms with Gasteiger partial charge >= 0.3 is 6.09 Å². The van der Waals surface area contributed by atoms with Gasteiger partial charge in [0.2, 0.25) is 0 Å². The van der Waals surface area contributed by atoms with Crippen LogP contribution in [0.4, 0.5) is 9.18 Å². The third-order valence-corrected chi connectivity index (χ3v) is 2.13. The molecule has 0 bridgehead atoms. The molecule has 15 heavy (non-hydrogen) atoms. The van der Waals surface area contributed by atoms with Crippen molar-refractivity contribution in [2.24, 2.45) is 0 Å². The standard InChI is InChI=1S/C11H14FNO2/c1-8-6-9(4-5-10(8)12)7-13(2)11(14)15-3/h4-6H,7H2,1-3H3. The van der Waals surface area contributed by atoms with Crippen molar-refractivity contribution in [3.63, 3.8) is 0 Å². The fraction of sp³-hybridized carbons (Fsp3) is 0.364. The van der Waals surface area contributed by atoms with E-state index < -0.39 is 6.09 Å². The van der Waals surface area contributed by atoms with Crippen LogP contribution >= 0.6 is 0 Å². The molecule has 0 saturated heterocycles. The Morgan fingerprint density at radius 1 is 1.53 bits per heavy atom. The molecule has 82 valence electrons. The van der Waals surface area contributed by atoms with Crippen molar-refractivity contribution in [1.82, 2.24) is 4.90 Å². The van der Waals surface area contributed by atoms with Crippen LogP contribution in [0, 0.1) is 12.7 Å². The zero-order valence-electron chi connectivity index (χ0n) is 9.08. The van der Waals surface area contributed by atoms with E-state index in [1.807, 2.05) is 0 Å². The third-order valence-electron chi connectivity index (χ3n) is 2.13. The highest BCUT2D eigenvalue weighted by atomic mass is 19.1. The maximum atomic E-state index is 13.0. The summed E-state index contributed by atoms with van der Waals surface area (Å²) in [7, 11) is 2.96. The lowest BCUT2D eigenvalue weighted by Gasteiger charge is -2.15. The summed E-state index contributed by atoms with van der Waals surface area (Å²) >= 11 is 0. The second-order valence-electron chi connectivity index (χ2n) is 3.41. The van der Waals surface area contributed by atoms with Gasteiger partial charge in [0, 0.05) is 13.6 Å². The molecule has 0 radical (unpaired) electrons. The van der Waals surface area contributed by atoms with Crippen LogP contribution in [0.15, 0.2) is 18.2 Å². The molecule has 1 aromatic carbocycles. The second kappa shape index (κ2) is 4.77. The molecule has 0 heterocycles. The number of hydrogen-bond donors (Lipinski definition) is 0. The van der Waals surface area contributed by atoms with Gasteiger partial charge in [-0.15, -0.1) is 0 Å². The Balaban J connectivity index is 2.73. The Kier molecular flexibility index (Phi) is 3.66. The van der Waals surface area contributed by atoms with Crippen LogP contribution in [0.1, 0.15) is 11.1 Å². The Morgan fingerprint density at radius 3 is 2.73 bits per heavy atom. The average Bonchev–Trinajstić information content (AvgIpc) is 2.22. The van der Waals surface area contributed by atoms with Gasteiger partial charge < -0.3 is 9.64 Å². The normalized spacial score (nSPS) is 9.87. The van der Waals surface area contributed by atoms with Gasteiger partial charge in [-0.1, -0.05) is 12.1 Å². The zero-order valence-corrected chi connectivity index (χ0v) is 9.08. The van der Waals surface area contributed by atoms with E-state index in [1.54, 1.807) is 26.1 Å². The third kappa shape index (κ3) is 2.94. The molecule has 0 aliphatic carbocycles. The predicted octanol–water partition coefficient (Wildman–Crippen LogP) is 2.33. The lowest BCUT2D eigenvalue weighted by atomic mass is 10.1. The zero-order chi connectivity index (χ0) is 11.4. The summed E-state index contributed by atoms with van der Waals surface area (Å²) in [6.07, 6.45) is -0.406. The number of carbonyl (C=O) groups is 1. The molecule has 0 N–H and O–H groups in total. The molecular formula is C11H14FNO2. The number of ether oxygens (including phenoxy) is 1. The van der Waals surface area contributed by atoms with Crippen LogP contribution in [0.2, 0.25) is 0 Å². The first-order valence-electron chi connectivity index (χ1n) is 4.58. The van der Waals surface area contributed by atoms with Crippen molar-refractivity contribution in [1.29, 1.82) is 0 Å². The molecule has 0 spiro atoms. The fourth-order valence-corrected chi connectivity index (χ4v) is 1.30. The van der Waals surface area contributed by atoms with Gasteiger partial charge in [-0.2, -0.15) is 0 Å². The average molecular weight is 211 g/mol. The highest BCUT2D eigenvalue weighted by Gasteiger charge is 2.09. The Labute approximate surface area is 88.5 Å². The van der Waals surface area contributed by atoms with E-state index in [0.717, 1.165) is 5.56 Å². The lowest BCUT2D eigenvalue weighted by molar-refractivity contribution is 0.131. The first-order valence-corrected chi connectivity index (χ1v) is 4.58. The quantitative estimate of drug-likeness (QED) is 0.751. The van der Waals surface area contributed by atoms with Crippen molar-refractivity contribution in [3.8, 4) is 0 Å². The first-order chi connectivity index (χ1) is 7.04. The van der Waals surface area contributed by atoms with Gasteiger partial charge in [0.05, 0.1) is 7.11 Å². The number of hydrogen-bond acceptors (Lipinski definition) is 2. The molecule has 1 rings (SSSR count). The Bertz CT molecular complexity index is 366. The highest BCUT2D eigenvalue weighted by Crippen LogP contribution is 2.11. The molecule has 3 nitrogen and oxygen atoms in total. The fourth-order valence-electron chi connectivity index (χ4n) is 1.30. The first kappa shape index (κ1) is 11.5. The summed E-state index contributed by atoms with van der Waals surface area (Å²) in [6, 6.07) is 4.77. The number of methoxy groups -OCH3 is 1. The SMILES string of the molecule is COC(=O)N(C)Cc1ccc(F)c(C)c1. The minimum Gasteiger partial charge on any atom is -0.453 e. The summed E-state index contributed by atoms with van der Waals surface area (Å²) in [4.78, 5) is 12.5. The number of benzene rings is 1. The second-order valence-corrected chi connectivity index (χ2v) is 3.41. The smallest absolute Gasteiger partial charge is 0.409 e. The molecule has 4 heteroatoms. The van der Waals surface area contributed by atoms with Gasteiger partial charge in [-0.25, -0.2) is 9.18 Å². The van der Waals surface area contributed by atoms with E-state index in [4.69, 9.17) is 0 Å². The van der Waals surface area contributed by atoms with Gasteiger partial charge in [0.15, 0.2) is 0 Å². The van der Waals surface area contributed by atoms with Gasteiger partial charge in [-0.3, -0.25) is 0 Å². The molecule has 1 amide bonds. The monoisotopic (exact) mass is 211 g/mol. The van der Waals surface area contributed by atoms with Crippen molar-refractivity contribution in [2.75, 3.05) is 14.2 Å². The Hall–Kier alpha value is -1.58. The van der Waals surface area contributed by atoms with Gasteiger partial charge in [0.25, 0.3) is 0 Å². The van der Waals surface area contributed by atoms with E-state index >= 15 is 0 Å². The maximum Gasteiger partial charge on any atom is 0.409 e. The number of halogens is 1. The highest BCUT2D eigenvalue weighted by molar-refractivity contribution is 5.66. The molecule has 0 atom stereocenters. The topological polar surface area (TPSA) is 29.5 Å². The number of amides is 1. The number of rotatable bonds is 2. The van der Waals surface area contributed by atoms with Gasteiger partial charge in [0.1, 0.15) is 5.82 Å². The molecule has 0 unspecified atom stereocenters. The number of carbonyl (C=O) groups excluding carboxylic acids is 1. The van der Waals surface area contributed by atoms with Crippen molar-refractivity contribution in [3.05, 3.63) is 35.1 Å². The minimum absolute atomic E-state index is 0.237. The molecular weight excluding hydrogens is 197 g/mol. The van der Waals surface area contributed by atoms with E-state index in [-0.39, 0.29) is 5.82 Å². The van der Waals surface area contributed by atoms with Gasteiger partial charge in [-0.05, 0) is 24.1 Å². The Morgan fingerprint density at radius 2 is 2.20 bits per heavy atom. The van der Waals surface area contributed by atoms with Crippen LogP contribution < -0.4 is 0 Å². The van der Waals surface area contributed by atoms with Crippen LogP contribution in [-0.2, 0) is 11.3 Å². The van der Waals surface area contributed by atoms with Crippen LogP contribution in [-0.4, -0.2) is 25.2 Å². The summed E-state index contributed by atoms with van der Waals surface area (Å²) in [5.41, 5.74) is 1.45. The van der Waals surface area contributed by atoms with Crippen LogP contribution in [0.25, 0.3) is 0 Å². The summed E-state index contributed by atoms with van der Waals surface area (Å²) in [5.74, 6) is -0.237. The van der Waals surface area contributed by atoms with E-state index in [1.165, 1.54) is 18.1 Å². The molecule has 0 saturated carbocycles. The molecule has 0 fully saturated rings. The van der Waals surface area contributed by atoms with E-state index in [2.05, 4.69) is 4.74 Å².